The van der Waals surface area contributed by atoms with Crippen molar-refractivity contribution in [3.05, 3.63) is 100 Å². The van der Waals surface area contributed by atoms with Crippen LogP contribution in [0.2, 0.25) is 0 Å². The Hall–Kier alpha value is -3.44. The summed E-state index contributed by atoms with van der Waals surface area (Å²) in [5.41, 5.74) is 4.27. The van der Waals surface area contributed by atoms with Crippen LogP contribution in [0.5, 0.6) is 5.75 Å². The number of rotatable bonds is 5. The van der Waals surface area contributed by atoms with Crippen molar-refractivity contribution in [1.82, 2.24) is 14.5 Å². The van der Waals surface area contributed by atoms with Crippen LogP contribution in [-0.4, -0.2) is 27.6 Å². The van der Waals surface area contributed by atoms with Gasteiger partial charge in [0.25, 0.3) is 5.56 Å². The average molecular weight is 412 g/mol. The van der Waals surface area contributed by atoms with E-state index in [2.05, 4.69) is 29.2 Å². The molecule has 0 N–H and O–H groups in total. The third kappa shape index (κ3) is 3.84. The van der Waals surface area contributed by atoms with Crippen LogP contribution >= 0.6 is 0 Å². The van der Waals surface area contributed by atoms with Crippen molar-refractivity contribution in [1.29, 1.82) is 0 Å². The molecule has 0 amide bonds. The second-order valence-electron chi connectivity index (χ2n) is 7.84. The van der Waals surface area contributed by atoms with Gasteiger partial charge in [-0.2, -0.15) is 0 Å². The molecule has 5 rings (SSSR count). The second-order valence-corrected chi connectivity index (χ2v) is 7.84. The van der Waals surface area contributed by atoms with Crippen LogP contribution in [0.15, 0.2) is 77.6 Å². The topological polar surface area (TPSA) is 47.4 Å². The lowest BCUT2D eigenvalue weighted by Gasteiger charge is -2.29. The van der Waals surface area contributed by atoms with E-state index in [1.807, 2.05) is 55.5 Å². The number of ether oxygens (including phenoxy) is 1. The first-order valence-corrected chi connectivity index (χ1v) is 10.8. The van der Waals surface area contributed by atoms with Crippen molar-refractivity contribution in [2.45, 2.75) is 26.4 Å². The Bertz CT molecular complexity index is 1280. The zero-order chi connectivity index (χ0) is 21.2. The minimum atomic E-state index is -0.0397. The molecule has 0 unspecified atom stereocenters. The van der Waals surface area contributed by atoms with E-state index in [-0.39, 0.29) is 5.56 Å². The minimum Gasteiger partial charge on any atom is -0.494 e. The number of nitrogens with zero attached hydrogens (tertiary/aromatic N) is 3. The van der Waals surface area contributed by atoms with Crippen LogP contribution in [0.4, 0.5) is 0 Å². The Morgan fingerprint density at radius 2 is 1.68 bits per heavy atom. The van der Waals surface area contributed by atoms with Gasteiger partial charge in [0.05, 0.1) is 29.7 Å². The molecular formula is C26H25N3O2. The molecule has 0 radical (unpaired) electrons. The summed E-state index contributed by atoms with van der Waals surface area (Å²) in [5.74, 6) is 1.55. The summed E-state index contributed by atoms with van der Waals surface area (Å²) in [7, 11) is 0. The van der Waals surface area contributed by atoms with Crippen LogP contribution in [0.25, 0.3) is 16.6 Å². The third-order valence-electron chi connectivity index (χ3n) is 5.83. The highest BCUT2D eigenvalue weighted by molar-refractivity contribution is 5.77. The van der Waals surface area contributed by atoms with E-state index in [4.69, 9.17) is 9.72 Å². The molecule has 5 nitrogen and oxygen atoms in total. The summed E-state index contributed by atoms with van der Waals surface area (Å²) < 4.78 is 7.32. The summed E-state index contributed by atoms with van der Waals surface area (Å²) in [5, 5.41) is 0.629. The zero-order valence-electron chi connectivity index (χ0n) is 17.6. The fraction of sp³-hybridized carbons (Fsp3) is 0.231. The first kappa shape index (κ1) is 19.5. The van der Waals surface area contributed by atoms with Crippen molar-refractivity contribution < 1.29 is 4.74 Å². The van der Waals surface area contributed by atoms with Crippen LogP contribution in [0.1, 0.15) is 23.9 Å². The van der Waals surface area contributed by atoms with Gasteiger partial charge >= 0.3 is 0 Å². The van der Waals surface area contributed by atoms with Gasteiger partial charge < -0.3 is 4.74 Å². The van der Waals surface area contributed by atoms with Gasteiger partial charge in [-0.3, -0.25) is 14.3 Å². The first-order valence-electron chi connectivity index (χ1n) is 10.8. The predicted molar refractivity (Wildman–Crippen MR) is 123 cm³/mol. The summed E-state index contributed by atoms with van der Waals surface area (Å²) in [6.07, 6.45) is 1.01. The van der Waals surface area contributed by atoms with Gasteiger partial charge in [0.2, 0.25) is 0 Å². The number of fused-ring (bicyclic) bond motifs is 2. The molecule has 1 aliphatic rings. The molecule has 0 aliphatic carbocycles. The Balaban J connectivity index is 1.56. The number of hydrogen-bond donors (Lipinski definition) is 0. The molecule has 0 atom stereocenters. The van der Waals surface area contributed by atoms with Gasteiger partial charge in [0.1, 0.15) is 11.6 Å². The molecule has 5 heteroatoms. The van der Waals surface area contributed by atoms with E-state index in [0.29, 0.717) is 18.5 Å². The van der Waals surface area contributed by atoms with Gasteiger partial charge in [-0.1, -0.05) is 36.4 Å². The largest absolute Gasteiger partial charge is 0.494 e. The standard InChI is InChI=1S/C26H25N3O2/c1-2-31-22-13-11-21(12-14-22)29-25(27-24-10-6-5-9-23(24)26(29)30)18-28-16-15-19-7-3-4-8-20(19)17-28/h3-14H,2,15-18H2,1H3. The Labute approximate surface area is 181 Å². The highest BCUT2D eigenvalue weighted by atomic mass is 16.5. The molecule has 1 aromatic heterocycles. The van der Waals surface area contributed by atoms with Crippen molar-refractivity contribution in [2.75, 3.05) is 13.2 Å². The molecule has 3 aromatic carbocycles. The maximum atomic E-state index is 13.5. The van der Waals surface area contributed by atoms with Crippen molar-refractivity contribution in [3.8, 4) is 11.4 Å². The van der Waals surface area contributed by atoms with Gasteiger partial charge in [-0.25, -0.2) is 4.98 Å². The first-order chi connectivity index (χ1) is 15.2. The predicted octanol–water partition coefficient (Wildman–Crippen LogP) is 4.34. The quantitative estimate of drug-likeness (QED) is 0.490. The number of benzene rings is 3. The Morgan fingerprint density at radius 1 is 0.935 bits per heavy atom. The molecule has 1 aliphatic heterocycles. The van der Waals surface area contributed by atoms with Crippen LogP contribution < -0.4 is 10.3 Å². The SMILES string of the molecule is CCOc1ccc(-n2c(CN3CCc4ccccc4C3)nc3ccccc3c2=O)cc1. The minimum absolute atomic E-state index is 0.0397. The second kappa shape index (κ2) is 8.36. The highest BCUT2D eigenvalue weighted by Gasteiger charge is 2.20. The number of hydrogen-bond acceptors (Lipinski definition) is 4. The number of para-hydroxylation sites is 1. The Kier molecular flexibility index (Phi) is 5.26. The molecule has 0 saturated heterocycles. The monoisotopic (exact) mass is 411 g/mol. The number of aromatic nitrogens is 2. The van der Waals surface area contributed by atoms with E-state index >= 15 is 0 Å². The van der Waals surface area contributed by atoms with Crippen LogP contribution in [-0.2, 0) is 19.5 Å². The Morgan fingerprint density at radius 3 is 2.48 bits per heavy atom. The lowest BCUT2D eigenvalue weighted by Crippen LogP contribution is -2.33. The van der Waals surface area contributed by atoms with Crippen molar-refractivity contribution in [3.63, 3.8) is 0 Å². The molecule has 4 aromatic rings. The maximum absolute atomic E-state index is 13.5. The molecule has 156 valence electrons. The van der Waals surface area contributed by atoms with Crippen LogP contribution in [0, 0.1) is 0 Å². The van der Waals surface area contributed by atoms with E-state index in [0.717, 1.165) is 42.3 Å². The highest BCUT2D eigenvalue weighted by Crippen LogP contribution is 2.22. The smallest absolute Gasteiger partial charge is 0.266 e. The van der Waals surface area contributed by atoms with E-state index in [1.165, 1.54) is 11.1 Å². The van der Waals surface area contributed by atoms with Gasteiger partial charge in [-0.05, 0) is 60.9 Å². The summed E-state index contributed by atoms with van der Waals surface area (Å²) in [4.78, 5) is 20.7. The van der Waals surface area contributed by atoms with E-state index < -0.39 is 0 Å². The molecule has 0 spiro atoms. The third-order valence-corrected chi connectivity index (χ3v) is 5.83. The summed E-state index contributed by atoms with van der Waals surface area (Å²) in [6, 6.07) is 23.8. The molecule has 2 heterocycles. The van der Waals surface area contributed by atoms with Crippen molar-refractivity contribution >= 4 is 10.9 Å². The lowest BCUT2D eigenvalue weighted by molar-refractivity contribution is 0.237. The zero-order valence-corrected chi connectivity index (χ0v) is 17.6. The fourth-order valence-corrected chi connectivity index (χ4v) is 4.30. The van der Waals surface area contributed by atoms with Crippen molar-refractivity contribution in [2.24, 2.45) is 0 Å². The lowest BCUT2D eigenvalue weighted by atomic mass is 10.00. The maximum Gasteiger partial charge on any atom is 0.266 e. The normalized spacial score (nSPS) is 13.8. The molecule has 31 heavy (non-hydrogen) atoms. The summed E-state index contributed by atoms with van der Waals surface area (Å²) >= 11 is 0. The van der Waals surface area contributed by atoms with Gasteiger partial charge in [-0.15, -0.1) is 0 Å². The van der Waals surface area contributed by atoms with Gasteiger partial charge in [0, 0.05) is 13.1 Å². The summed E-state index contributed by atoms with van der Waals surface area (Å²) in [6.45, 7) is 4.99. The van der Waals surface area contributed by atoms with E-state index in [9.17, 15) is 4.79 Å². The molecule has 0 saturated carbocycles. The average Bonchev–Trinajstić information content (AvgIpc) is 2.80. The molecule has 0 bridgehead atoms. The van der Waals surface area contributed by atoms with Gasteiger partial charge in [0.15, 0.2) is 0 Å². The van der Waals surface area contributed by atoms with Crippen LogP contribution in [0.3, 0.4) is 0 Å². The fourth-order valence-electron chi connectivity index (χ4n) is 4.30. The van der Waals surface area contributed by atoms with E-state index in [1.54, 1.807) is 4.57 Å². The molecule has 0 fully saturated rings. The molecular weight excluding hydrogens is 386 g/mol.